The van der Waals surface area contributed by atoms with E-state index in [-0.39, 0.29) is 12.3 Å². The highest BCUT2D eigenvalue weighted by Gasteiger charge is 2.43. The number of fused-ring (bicyclic) bond motifs is 1. The first-order chi connectivity index (χ1) is 12.1. The lowest BCUT2D eigenvalue weighted by atomic mass is 9.90. The largest absolute Gasteiger partial charge is 0.344 e. The van der Waals surface area contributed by atoms with E-state index in [1.54, 1.807) is 0 Å². The van der Waals surface area contributed by atoms with Gasteiger partial charge in [0.05, 0.1) is 0 Å². The second-order valence-electron chi connectivity index (χ2n) is 7.29. The minimum absolute atomic E-state index is 0.153. The van der Waals surface area contributed by atoms with Crippen LogP contribution in [0.3, 0.4) is 0 Å². The first-order valence-corrected chi connectivity index (χ1v) is 9.02. The zero-order chi connectivity index (χ0) is 17.4. The molecule has 25 heavy (non-hydrogen) atoms. The molecule has 2 aliphatic rings. The van der Waals surface area contributed by atoms with Crippen molar-refractivity contribution in [3.05, 3.63) is 71.3 Å². The van der Waals surface area contributed by atoms with E-state index in [1.807, 2.05) is 30.3 Å². The third-order valence-corrected chi connectivity index (χ3v) is 5.34. The number of carbonyl (C=O) groups excluding carboxylic acids is 1. The fourth-order valence-electron chi connectivity index (χ4n) is 3.94. The molecule has 2 amide bonds. The molecule has 0 aromatic heterocycles. The molecule has 0 saturated carbocycles. The number of urea groups is 1. The second kappa shape index (κ2) is 6.52. The normalized spacial score (nSPS) is 24.3. The van der Waals surface area contributed by atoms with E-state index in [0.29, 0.717) is 24.3 Å². The summed E-state index contributed by atoms with van der Waals surface area (Å²) < 4.78 is 0. The Bertz CT molecular complexity index is 760. The van der Waals surface area contributed by atoms with Crippen LogP contribution >= 0.6 is 0 Å². The molecule has 1 unspecified atom stereocenters. The van der Waals surface area contributed by atoms with Gasteiger partial charge in [-0.15, -0.1) is 0 Å². The number of benzene rings is 2. The molecule has 1 heterocycles. The van der Waals surface area contributed by atoms with Crippen LogP contribution in [0.1, 0.15) is 55.0 Å². The summed E-state index contributed by atoms with van der Waals surface area (Å²) in [6, 6.07) is 18.3. The van der Waals surface area contributed by atoms with Gasteiger partial charge < -0.3 is 5.32 Å². The Kier molecular flexibility index (Phi) is 4.22. The molecule has 0 bridgehead atoms. The Hall–Kier alpha value is -2.33. The molecule has 3 atom stereocenters. The quantitative estimate of drug-likeness (QED) is 0.831. The zero-order valence-electron chi connectivity index (χ0n) is 14.7. The van der Waals surface area contributed by atoms with Crippen molar-refractivity contribution in [2.24, 2.45) is 5.92 Å². The topological polar surface area (TPSA) is 44.6 Å². The van der Waals surface area contributed by atoms with Crippen LogP contribution < -0.4 is 5.32 Å². The fourth-order valence-corrected chi connectivity index (χ4v) is 3.94. The molecule has 0 spiro atoms. The van der Waals surface area contributed by atoms with Crippen LogP contribution in [0.5, 0.6) is 0 Å². The molecule has 1 saturated heterocycles. The highest BCUT2D eigenvalue weighted by atomic mass is 16.8. The van der Waals surface area contributed by atoms with Crippen LogP contribution in [0.15, 0.2) is 54.6 Å². The summed E-state index contributed by atoms with van der Waals surface area (Å²) in [5, 5.41) is 4.46. The smallest absolute Gasteiger partial charge is 0.335 e. The molecule has 1 fully saturated rings. The van der Waals surface area contributed by atoms with Gasteiger partial charge in [0.2, 0.25) is 6.23 Å². The summed E-state index contributed by atoms with van der Waals surface area (Å²) >= 11 is 0. The second-order valence-corrected chi connectivity index (χ2v) is 7.29. The van der Waals surface area contributed by atoms with Gasteiger partial charge in [-0.05, 0) is 29.4 Å². The van der Waals surface area contributed by atoms with Crippen molar-refractivity contribution in [1.29, 1.82) is 0 Å². The van der Waals surface area contributed by atoms with Gasteiger partial charge in [-0.3, -0.25) is 0 Å². The molecule has 1 aliphatic heterocycles. The number of hydroxylamine groups is 2. The van der Waals surface area contributed by atoms with Gasteiger partial charge in [0, 0.05) is 18.0 Å². The van der Waals surface area contributed by atoms with Crippen molar-refractivity contribution in [2.75, 3.05) is 6.54 Å². The Balaban J connectivity index is 1.37. The highest BCUT2D eigenvalue weighted by Crippen LogP contribution is 2.45. The van der Waals surface area contributed by atoms with E-state index >= 15 is 0 Å². The lowest BCUT2D eigenvalue weighted by Gasteiger charge is -2.16. The molecule has 130 valence electrons. The predicted octanol–water partition coefficient (Wildman–Crippen LogP) is 4.57. The maximum absolute atomic E-state index is 12.4. The van der Waals surface area contributed by atoms with Gasteiger partial charge >= 0.3 is 6.03 Å². The number of rotatable bonds is 4. The number of nitrogens with zero attached hydrogens (tertiary/aromatic N) is 1. The molecule has 0 radical (unpaired) electrons. The van der Waals surface area contributed by atoms with E-state index in [0.717, 1.165) is 12.0 Å². The standard InChI is InChI=1S/C21H24N2O2/c1-14(2)19-12-16(17-10-6-7-11-18(17)19)13-22-21(24)23-20(25-23)15-8-4-3-5-9-15/h3-11,14,16,19-20H,12-13H2,1-2H3,(H,22,24)/t16-,19+,20?,23?/m1/s1. The van der Waals surface area contributed by atoms with Crippen molar-refractivity contribution in [3.63, 3.8) is 0 Å². The first kappa shape index (κ1) is 16.2. The predicted molar refractivity (Wildman–Crippen MR) is 96.9 cm³/mol. The first-order valence-electron chi connectivity index (χ1n) is 9.02. The van der Waals surface area contributed by atoms with E-state index in [2.05, 4.69) is 43.4 Å². The molecule has 1 N–H and O–H groups in total. The Labute approximate surface area is 148 Å². The van der Waals surface area contributed by atoms with Gasteiger partial charge in [0.25, 0.3) is 0 Å². The summed E-state index contributed by atoms with van der Waals surface area (Å²) in [7, 11) is 0. The van der Waals surface area contributed by atoms with Crippen LogP contribution in [0.4, 0.5) is 4.79 Å². The summed E-state index contributed by atoms with van der Waals surface area (Å²) in [4.78, 5) is 17.8. The molecule has 2 aromatic carbocycles. The molecule has 1 aliphatic carbocycles. The van der Waals surface area contributed by atoms with E-state index in [1.165, 1.54) is 16.2 Å². The Morgan fingerprint density at radius 2 is 1.80 bits per heavy atom. The molecule has 2 aromatic rings. The van der Waals surface area contributed by atoms with Crippen molar-refractivity contribution in [1.82, 2.24) is 10.4 Å². The van der Waals surface area contributed by atoms with Gasteiger partial charge in [-0.25, -0.2) is 9.63 Å². The molecule has 4 heteroatoms. The minimum atomic E-state index is -0.250. The number of hydrogen-bond donors (Lipinski definition) is 1. The van der Waals surface area contributed by atoms with Crippen LogP contribution in [0.2, 0.25) is 0 Å². The van der Waals surface area contributed by atoms with Crippen molar-refractivity contribution < 1.29 is 9.63 Å². The van der Waals surface area contributed by atoms with E-state index < -0.39 is 0 Å². The monoisotopic (exact) mass is 336 g/mol. The lowest BCUT2D eigenvalue weighted by Crippen LogP contribution is -2.31. The maximum atomic E-state index is 12.4. The van der Waals surface area contributed by atoms with Gasteiger partial charge in [0.1, 0.15) is 0 Å². The Morgan fingerprint density at radius 3 is 2.52 bits per heavy atom. The number of carbonyl (C=O) groups is 1. The average Bonchev–Trinajstić information content (AvgIpc) is 3.35. The zero-order valence-corrected chi connectivity index (χ0v) is 14.7. The van der Waals surface area contributed by atoms with Gasteiger partial charge in [0.15, 0.2) is 0 Å². The summed E-state index contributed by atoms with van der Waals surface area (Å²) in [5.41, 5.74) is 3.83. The molecular weight excluding hydrogens is 312 g/mol. The third kappa shape index (κ3) is 3.14. The van der Waals surface area contributed by atoms with Crippen molar-refractivity contribution in [3.8, 4) is 0 Å². The SMILES string of the molecule is CC(C)[C@@H]1C[C@H](CNC(=O)N2OC2c2ccccc2)c2ccccc21. The summed E-state index contributed by atoms with van der Waals surface area (Å²) in [6.45, 7) is 5.20. The van der Waals surface area contributed by atoms with E-state index in [4.69, 9.17) is 4.84 Å². The van der Waals surface area contributed by atoms with E-state index in [9.17, 15) is 4.79 Å². The average molecular weight is 336 g/mol. The highest BCUT2D eigenvalue weighted by molar-refractivity contribution is 5.75. The van der Waals surface area contributed by atoms with Crippen molar-refractivity contribution in [2.45, 2.75) is 38.3 Å². The van der Waals surface area contributed by atoms with Crippen LogP contribution in [-0.4, -0.2) is 17.6 Å². The molecule has 4 nitrogen and oxygen atoms in total. The number of hydrogen-bond acceptors (Lipinski definition) is 2. The minimum Gasteiger partial charge on any atom is -0.335 e. The maximum Gasteiger partial charge on any atom is 0.344 e. The molecular formula is C21H24N2O2. The van der Waals surface area contributed by atoms with Crippen LogP contribution in [0.25, 0.3) is 0 Å². The van der Waals surface area contributed by atoms with Crippen LogP contribution in [0, 0.1) is 5.92 Å². The Morgan fingerprint density at radius 1 is 1.12 bits per heavy atom. The summed E-state index contributed by atoms with van der Waals surface area (Å²) in [5.74, 6) is 1.56. The van der Waals surface area contributed by atoms with Gasteiger partial charge in [-0.2, -0.15) is 5.06 Å². The number of nitrogens with one attached hydrogen (secondary N) is 1. The lowest BCUT2D eigenvalue weighted by molar-refractivity contribution is 0.176. The molecule has 4 rings (SSSR count). The van der Waals surface area contributed by atoms with Crippen LogP contribution in [-0.2, 0) is 4.84 Å². The fraction of sp³-hybridized carbons (Fsp3) is 0.381. The number of amides is 2. The van der Waals surface area contributed by atoms with Crippen molar-refractivity contribution >= 4 is 6.03 Å². The third-order valence-electron chi connectivity index (χ3n) is 5.34. The van der Waals surface area contributed by atoms with Gasteiger partial charge in [-0.1, -0.05) is 68.4 Å². The summed E-state index contributed by atoms with van der Waals surface area (Å²) in [6.07, 6.45) is 0.848.